The van der Waals surface area contributed by atoms with Crippen LogP contribution in [0, 0.1) is 5.92 Å². The van der Waals surface area contributed by atoms with Crippen molar-refractivity contribution < 1.29 is 9.90 Å². The van der Waals surface area contributed by atoms with E-state index in [1.54, 1.807) is 12.1 Å². The Morgan fingerprint density at radius 3 is 2.94 bits per heavy atom. The molecule has 1 aliphatic rings. The minimum absolute atomic E-state index is 0.314. The lowest BCUT2D eigenvalue weighted by molar-refractivity contribution is -0.141. The van der Waals surface area contributed by atoms with Crippen molar-refractivity contribution in [2.75, 3.05) is 18.0 Å². The lowest BCUT2D eigenvalue weighted by Gasteiger charge is -2.31. The van der Waals surface area contributed by atoms with Gasteiger partial charge in [0.2, 0.25) is 0 Å². The smallest absolute Gasteiger partial charge is 0.308 e. The van der Waals surface area contributed by atoms with Crippen molar-refractivity contribution in [2.45, 2.75) is 12.8 Å². The number of hydrogen-bond donors (Lipinski definition) is 1. The van der Waals surface area contributed by atoms with Crippen molar-refractivity contribution in [3.8, 4) is 0 Å². The van der Waals surface area contributed by atoms with Gasteiger partial charge in [0, 0.05) is 13.1 Å². The van der Waals surface area contributed by atoms with Crippen molar-refractivity contribution in [3.63, 3.8) is 0 Å². The molecule has 0 radical (unpaired) electrons. The zero-order valence-corrected chi connectivity index (χ0v) is 9.39. The van der Waals surface area contributed by atoms with Crippen molar-refractivity contribution in [1.82, 2.24) is 10.2 Å². The van der Waals surface area contributed by atoms with Gasteiger partial charge in [-0.25, -0.2) is 0 Å². The van der Waals surface area contributed by atoms with Gasteiger partial charge in [0.15, 0.2) is 11.0 Å². The van der Waals surface area contributed by atoms with E-state index < -0.39 is 5.97 Å². The Morgan fingerprint density at radius 1 is 1.50 bits per heavy atom. The molecule has 1 fully saturated rings. The van der Waals surface area contributed by atoms with Crippen molar-refractivity contribution in [1.29, 1.82) is 0 Å². The Labute approximate surface area is 98.0 Å². The number of rotatable bonds is 2. The summed E-state index contributed by atoms with van der Waals surface area (Å²) in [5.41, 5.74) is 0. The highest BCUT2D eigenvalue weighted by Gasteiger charge is 2.26. The van der Waals surface area contributed by atoms with E-state index in [2.05, 4.69) is 10.2 Å². The van der Waals surface area contributed by atoms with Crippen molar-refractivity contribution >= 4 is 23.4 Å². The molecular formula is C10H12ClN3O2. The molecule has 1 aromatic heterocycles. The molecule has 1 N–H and O–H groups in total. The summed E-state index contributed by atoms with van der Waals surface area (Å²) in [5.74, 6) is -0.367. The Bertz CT molecular complexity index is 382. The van der Waals surface area contributed by atoms with Gasteiger partial charge in [-0.3, -0.25) is 4.79 Å². The minimum atomic E-state index is -0.744. The van der Waals surface area contributed by atoms with Crippen LogP contribution in [-0.4, -0.2) is 34.4 Å². The van der Waals surface area contributed by atoms with Crippen LogP contribution in [0.1, 0.15) is 12.8 Å². The fraction of sp³-hybridized carbons (Fsp3) is 0.500. The van der Waals surface area contributed by atoms with E-state index in [0.717, 1.165) is 19.4 Å². The SMILES string of the molecule is O=C(O)[C@@H]1CCCN(c2ccc(Cl)nn2)C1. The molecule has 6 heteroatoms. The normalized spacial score (nSPS) is 20.8. The third-order valence-electron chi connectivity index (χ3n) is 2.71. The molecule has 16 heavy (non-hydrogen) atoms. The first kappa shape index (κ1) is 11.1. The van der Waals surface area contributed by atoms with Crippen LogP contribution >= 0.6 is 11.6 Å². The molecule has 1 atom stereocenters. The highest BCUT2D eigenvalue weighted by Crippen LogP contribution is 2.21. The van der Waals surface area contributed by atoms with Crippen LogP contribution in [0.15, 0.2) is 12.1 Å². The van der Waals surface area contributed by atoms with Crippen LogP contribution in [0.3, 0.4) is 0 Å². The summed E-state index contributed by atoms with van der Waals surface area (Å²) < 4.78 is 0. The van der Waals surface area contributed by atoms with Crippen LogP contribution in [-0.2, 0) is 4.79 Å². The largest absolute Gasteiger partial charge is 0.481 e. The van der Waals surface area contributed by atoms with Gasteiger partial charge in [-0.2, -0.15) is 0 Å². The van der Waals surface area contributed by atoms with E-state index >= 15 is 0 Å². The van der Waals surface area contributed by atoms with Crippen LogP contribution in [0.25, 0.3) is 0 Å². The molecule has 0 saturated carbocycles. The van der Waals surface area contributed by atoms with Gasteiger partial charge in [0.1, 0.15) is 0 Å². The highest BCUT2D eigenvalue weighted by atomic mass is 35.5. The monoisotopic (exact) mass is 241 g/mol. The summed E-state index contributed by atoms with van der Waals surface area (Å²) in [5, 5.41) is 17.0. The molecule has 1 aliphatic heterocycles. The second kappa shape index (κ2) is 4.65. The molecule has 2 rings (SSSR count). The minimum Gasteiger partial charge on any atom is -0.481 e. The number of carbonyl (C=O) groups is 1. The van der Waals surface area contributed by atoms with E-state index in [1.165, 1.54) is 0 Å². The van der Waals surface area contributed by atoms with Crippen LogP contribution in [0.2, 0.25) is 5.15 Å². The second-order valence-electron chi connectivity index (χ2n) is 3.84. The van der Waals surface area contributed by atoms with E-state index in [4.69, 9.17) is 16.7 Å². The number of hydrogen-bond acceptors (Lipinski definition) is 4. The number of halogens is 1. The van der Waals surface area contributed by atoms with Crippen molar-refractivity contribution in [3.05, 3.63) is 17.3 Å². The number of carboxylic acids is 1. The van der Waals surface area contributed by atoms with Gasteiger partial charge in [0.25, 0.3) is 0 Å². The molecule has 0 aliphatic carbocycles. The molecule has 86 valence electrons. The summed E-state index contributed by atoms with van der Waals surface area (Å²) in [4.78, 5) is 12.8. The van der Waals surface area contributed by atoms with Gasteiger partial charge in [-0.15, -0.1) is 10.2 Å². The van der Waals surface area contributed by atoms with Gasteiger partial charge in [0.05, 0.1) is 5.92 Å². The fourth-order valence-electron chi connectivity index (χ4n) is 1.86. The lowest BCUT2D eigenvalue weighted by Crippen LogP contribution is -2.39. The summed E-state index contributed by atoms with van der Waals surface area (Å²) in [6, 6.07) is 3.42. The number of carboxylic acid groups (broad SMARTS) is 1. The van der Waals surface area contributed by atoms with E-state index in [1.807, 2.05) is 4.90 Å². The predicted molar refractivity (Wildman–Crippen MR) is 59.6 cm³/mol. The topological polar surface area (TPSA) is 66.3 Å². The number of nitrogens with zero attached hydrogens (tertiary/aromatic N) is 3. The van der Waals surface area contributed by atoms with E-state index in [-0.39, 0.29) is 5.92 Å². The number of aromatic nitrogens is 2. The Morgan fingerprint density at radius 2 is 2.31 bits per heavy atom. The summed E-state index contributed by atoms with van der Waals surface area (Å²) in [6.07, 6.45) is 1.59. The Balaban J connectivity index is 2.09. The second-order valence-corrected chi connectivity index (χ2v) is 4.22. The van der Waals surface area contributed by atoms with Crippen molar-refractivity contribution in [2.24, 2.45) is 5.92 Å². The molecule has 0 bridgehead atoms. The van der Waals surface area contributed by atoms with Gasteiger partial charge >= 0.3 is 5.97 Å². The van der Waals surface area contributed by atoms with E-state index in [9.17, 15) is 4.79 Å². The molecule has 0 aromatic carbocycles. The summed E-state index contributed by atoms with van der Waals surface area (Å²) in [7, 11) is 0. The van der Waals surface area contributed by atoms with Gasteiger partial charge in [-0.1, -0.05) is 11.6 Å². The van der Waals surface area contributed by atoms with Crippen LogP contribution in [0.4, 0.5) is 5.82 Å². The molecule has 0 spiro atoms. The lowest BCUT2D eigenvalue weighted by atomic mass is 9.98. The maximum Gasteiger partial charge on any atom is 0.308 e. The first-order valence-corrected chi connectivity index (χ1v) is 5.51. The predicted octanol–water partition coefficient (Wildman–Crippen LogP) is 1.43. The highest BCUT2D eigenvalue weighted by molar-refractivity contribution is 6.29. The Hall–Kier alpha value is -1.36. The molecule has 1 saturated heterocycles. The van der Waals surface area contributed by atoms with Gasteiger partial charge < -0.3 is 10.0 Å². The third kappa shape index (κ3) is 2.41. The van der Waals surface area contributed by atoms with Crippen LogP contribution in [0.5, 0.6) is 0 Å². The molecular weight excluding hydrogens is 230 g/mol. The number of anilines is 1. The quantitative estimate of drug-likeness (QED) is 0.849. The maximum absolute atomic E-state index is 10.9. The molecule has 1 aromatic rings. The standard InChI is InChI=1S/C10H12ClN3O2/c11-8-3-4-9(13-12-8)14-5-1-2-7(6-14)10(15)16/h3-4,7H,1-2,5-6H2,(H,15,16)/t7-/m1/s1. The Kier molecular flexibility index (Phi) is 3.24. The molecule has 2 heterocycles. The number of piperidine rings is 1. The van der Waals surface area contributed by atoms with Gasteiger partial charge in [-0.05, 0) is 25.0 Å². The molecule has 0 unspecified atom stereocenters. The average molecular weight is 242 g/mol. The van der Waals surface area contributed by atoms with Crippen LogP contribution < -0.4 is 4.90 Å². The summed E-state index contributed by atoms with van der Waals surface area (Å²) in [6.45, 7) is 1.31. The zero-order valence-electron chi connectivity index (χ0n) is 8.64. The molecule has 5 nitrogen and oxygen atoms in total. The summed E-state index contributed by atoms with van der Waals surface area (Å²) >= 11 is 5.64. The first-order chi connectivity index (χ1) is 7.66. The third-order valence-corrected chi connectivity index (χ3v) is 2.91. The average Bonchev–Trinajstić information content (AvgIpc) is 2.30. The number of aliphatic carboxylic acids is 1. The van der Waals surface area contributed by atoms with E-state index in [0.29, 0.717) is 17.5 Å². The molecule has 0 amide bonds. The fourth-order valence-corrected chi connectivity index (χ4v) is 1.97. The zero-order chi connectivity index (χ0) is 11.5. The first-order valence-electron chi connectivity index (χ1n) is 5.14. The maximum atomic E-state index is 10.9.